The van der Waals surface area contributed by atoms with Gasteiger partial charge in [0.2, 0.25) is 0 Å². The highest BCUT2D eigenvalue weighted by atomic mass is 19.1. The zero-order valence-corrected chi connectivity index (χ0v) is 16.1. The van der Waals surface area contributed by atoms with Crippen LogP contribution in [0, 0.1) is 11.6 Å². The molecule has 0 unspecified atom stereocenters. The molecular weight excluding hydrogens is 380 g/mol. The van der Waals surface area contributed by atoms with Crippen LogP contribution in [0.25, 0.3) is 0 Å². The SMILES string of the molecule is CCN1CCN(C(=O)N(Cc2ccc(C(=O)O)cc2F)c2ccc(F)cc2)CC1. The largest absolute Gasteiger partial charge is 0.478 e. The first kappa shape index (κ1) is 20.7. The van der Waals surface area contributed by atoms with E-state index in [-0.39, 0.29) is 23.7 Å². The van der Waals surface area contributed by atoms with Crippen molar-refractivity contribution in [2.75, 3.05) is 37.6 Å². The first-order valence-corrected chi connectivity index (χ1v) is 9.45. The summed E-state index contributed by atoms with van der Waals surface area (Å²) in [5.74, 6) is -2.37. The number of amides is 2. The van der Waals surface area contributed by atoms with Crippen LogP contribution in [0.3, 0.4) is 0 Å². The number of hydrogen-bond donors (Lipinski definition) is 1. The first-order valence-electron chi connectivity index (χ1n) is 9.45. The highest BCUT2D eigenvalue weighted by Gasteiger charge is 2.27. The number of piperazine rings is 1. The van der Waals surface area contributed by atoms with E-state index in [2.05, 4.69) is 11.8 Å². The maximum Gasteiger partial charge on any atom is 0.335 e. The van der Waals surface area contributed by atoms with E-state index in [0.717, 1.165) is 25.7 Å². The third-order valence-corrected chi connectivity index (χ3v) is 5.09. The molecule has 0 aromatic heterocycles. The summed E-state index contributed by atoms with van der Waals surface area (Å²) in [5, 5.41) is 9.01. The Kier molecular flexibility index (Phi) is 6.43. The van der Waals surface area contributed by atoms with E-state index < -0.39 is 17.6 Å². The maximum absolute atomic E-state index is 14.5. The van der Waals surface area contributed by atoms with Gasteiger partial charge in [0.25, 0.3) is 0 Å². The van der Waals surface area contributed by atoms with E-state index in [4.69, 9.17) is 5.11 Å². The second kappa shape index (κ2) is 9.00. The smallest absolute Gasteiger partial charge is 0.335 e. The Balaban J connectivity index is 1.87. The molecule has 1 saturated heterocycles. The molecule has 2 aromatic rings. The molecule has 1 N–H and O–H groups in total. The normalized spacial score (nSPS) is 14.7. The van der Waals surface area contributed by atoms with Gasteiger partial charge in [-0.2, -0.15) is 0 Å². The van der Waals surface area contributed by atoms with Gasteiger partial charge in [0.05, 0.1) is 12.1 Å². The number of nitrogens with zero attached hydrogens (tertiary/aromatic N) is 3. The summed E-state index contributed by atoms with van der Waals surface area (Å²) in [7, 11) is 0. The minimum atomic E-state index is -1.23. The van der Waals surface area contributed by atoms with Gasteiger partial charge in [0, 0.05) is 37.4 Å². The zero-order valence-electron chi connectivity index (χ0n) is 16.1. The summed E-state index contributed by atoms with van der Waals surface area (Å²) >= 11 is 0. The van der Waals surface area contributed by atoms with Gasteiger partial charge in [-0.15, -0.1) is 0 Å². The van der Waals surface area contributed by atoms with Crippen LogP contribution in [-0.4, -0.2) is 59.6 Å². The lowest BCUT2D eigenvalue weighted by Gasteiger charge is -2.37. The molecule has 2 aromatic carbocycles. The molecule has 1 fully saturated rings. The number of rotatable bonds is 5. The number of aromatic carboxylic acids is 1. The molecule has 2 amide bonds. The minimum absolute atomic E-state index is 0.0931. The van der Waals surface area contributed by atoms with Crippen LogP contribution in [-0.2, 0) is 6.54 Å². The fraction of sp³-hybridized carbons (Fsp3) is 0.333. The highest BCUT2D eigenvalue weighted by Crippen LogP contribution is 2.22. The predicted molar refractivity (Wildman–Crippen MR) is 105 cm³/mol. The number of carboxylic acid groups (broad SMARTS) is 1. The molecule has 1 heterocycles. The molecule has 154 valence electrons. The number of carboxylic acids is 1. The first-order chi connectivity index (χ1) is 13.9. The van der Waals surface area contributed by atoms with Crippen LogP contribution in [0.15, 0.2) is 42.5 Å². The average Bonchev–Trinajstić information content (AvgIpc) is 2.73. The lowest BCUT2D eigenvalue weighted by molar-refractivity contribution is 0.0696. The highest BCUT2D eigenvalue weighted by molar-refractivity contribution is 5.92. The number of hydrogen-bond acceptors (Lipinski definition) is 3. The number of urea groups is 1. The lowest BCUT2D eigenvalue weighted by atomic mass is 10.1. The van der Waals surface area contributed by atoms with Crippen molar-refractivity contribution in [1.82, 2.24) is 9.80 Å². The zero-order chi connectivity index (χ0) is 21.0. The van der Waals surface area contributed by atoms with Crippen molar-refractivity contribution in [2.24, 2.45) is 0 Å². The number of likely N-dealkylation sites (N-methyl/N-ethyl adjacent to an activating group) is 1. The minimum Gasteiger partial charge on any atom is -0.478 e. The van der Waals surface area contributed by atoms with Gasteiger partial charge in [0.1, 0.15) is 11.6 Å². The monoisotopic (exact) mass is 403 g/mol. The number of carbonyl (C=O) groups is 2. The predicted octanol–water partition coefficient (Wildman–Crippen LogP) is 3.43. The molecule has 6 nitrogen and oxygen atoms in total. The van der Waals surface area contributed by atoms with E-state index in [1.807, 2.05) is 0 Å². The van der Waals surface area contributed by atoms with Crippen LogP contribution in [0.5, 0.6) is 0 Å². The second-order valence-electron chi connectivity index (χ2n) is 6.88. The molecule has 0 radical (unpaired) electrons. The molecular formula is C21H23F2N3O3. The van der Waals surface area contributed by atoms with Crippen molar-refractivity contribution >= 4 is 17.7 Å². The van der Waals surface area contributed by atoms with Gasteiger partial charge in [-0.05, 0) is 42.9 Å². The molecule has 0 spiro atoms. The molecule has 3 rings (SSSR count). The summed E-state index contributed by atoms with van der Waals surface area (Å²) in [5.41, 5.74) is 0.456. The molecule has 29 heavy (non-hydrogen) atoms. The van der Waals surface area contributed by atoms with Gasteiger partial charge < -0.3 is 14.9 Å². The van der Waals surface area contributed by atoms with Crippen LogP contribution in [0.4, 0.5) is 19.3 Å². The van der Waals surface area contributed by atoms with Crippen LogP contribution < -0.4 is 4.90 Å². The fourth-order valence-corrected chi connectivity index (χ4v) is 3.30. The van der Waals surface area contributed by atoms with Crippen molar-refractivity contribution in [1.29, 1.82) is 0 Å². The van der Waals surface area contributed by atoms with E-state index in [9.17, 15) is 18.4 Å². The Bertz CT molecular complexity index is 881. The molecule has 0 saturated carbocycles. The van der Waals surface area contributed by atoms with Gasteiger partial charge in [-0.25, -0.2) is 18.4 Å². The average molecular weight is 403 g/mol. The fourth-order valence-electron chi connectivity index (χ4n) is 3.30. The molecule has 8 heteroatoms. The summed E-state index contributed by atoms with van der Waals surface area (Å²) in [6.07, 6.45) is 0. The van der Waals surface area contributed by atoms with Gasteiger partial charge in [-0.3, -0.25) is 4.90 Å². The topological polar surface area (TPSA) is 64.1 Å². The van der Waals surface area contributed by atoms with Crippen molar-refractivity contribution < 1.29 is 23.5 Å². The summed E-state index contributed by atoms with van der Waals surface area (Å²) in [4.78, 5) is 29.5. The Morgan fingerprint density at radius 2 is 1.69 bits per heavy atom. The standard InChI is InChI=1S/C21H23F2N3O3/c1-2-24-9-11-25(12-10-24)21(29)26(18-7-5-17(22)6-8-18)14-16-4-3-15(20(27)28)13-19(16)23/h3-8,13H,2,9-12,14H2,1H3,(H,27,28). The third kappa shape index (κ3) is 4.89. The number of carbonyl (C=O) groups excluding carboxylic acids is 1. The van der Waals surface area contributed by atoms with E-state index in [1.54, 1.807) is 4.90 Å². The lowest BCUT2D eigenvalue weighted by Crippen LogP contribution is -2.52. The van der Waals surface area contributed by atoms with E-state index >= 15 is 0 Å². The van der Waals surface area contributed by atoms with E-state index in [0.29, 0.717) is 18.8 Å². The number of halogens is 2. The van der Waals surface area contributed by atoms with Gasteiger partial charge in [-0.1, -0.05) is 13.0 Å². The maximum atomic E-state index is 14.5. The van der Waals surface area contributed by atoms with Crippen molar-refractivity contribution in [2.45, 2.75) is 13.5 Å². The summed E-state index contributed by atoms with van der Waals surface area (Å²) in [6.45, 7) is 5.47. The van der Waals surface area contributed by atoms with Gasteiger partial charge in [0.15, 0.2) is 0 Å². The Morgan fingerprint density at radius 1 is 1.03 bits per heavy atom. The van der Waals surface area contributed by atoms with Gasteiger partial charge >= 0.3 is 12.0 Å². The molecule has 0 atom stereocenters. The summed E-state index contributed by atoms with van der Waals surface area (Å²) < 4.78 is 27.8. The number of anilines is 1. The summed E-state index contributed by atoms with van der Waals surface area (Å²) in [6, 6.07) is 8.73. The van der Waals surface area contributed by atoms with Crippen LogP contribution >= 0.6 is 0 Å². The molecule has 0 aliphatic carbocycles. The van der Waals surface area contributed by atoms with Crippen LogP contribution in [0.2, 0.25) is 0 Å². The third-order valence-electron chi connectivity index (χ3n) is 5.09. The van der Waals surface area contributed by atoms with Crippen molar-refractivity contribution in [3.63, 3.8) is 0 Å². The Morgan fingerprint density at radius 3 is 2.24 bits per heavy atom. The molecule has 0 bridgehead atoms. The van der Waals surface area contributed by atoms with Crippen LogP contribution in [0.1, 0.15) is 22.8 Å². The Labute approximate surface area is 167 Å². The molecule has 1 aliphatic rings. The second-order valence-corrected chi connectivity index (χ2v) is 6.88. The van der Waals surface area contributed by atoms with E-state index in [1.165, 1.54) is 41.3 Å². The Hall–Kier alpha value is -3.00. The quantitative estimate of drug-likeness (QED) is 0.831. The van der Waals surface area contributed by atoms with Crippen molar-refractivity contribution in [3.05, 3.63) is 65.2 Å². The van der Waals surface area contributed by atoms with Crippen molar-refractivity contribution in [3.8, 4) is 0 Å². The number of benzene rings is 2. The molecule has 1 aliphatic heterocycles.